The average molecular weight is 618 g/mol. The van der Waals surface area contributed by atoms with Crippen LogP contribution in [-0.4, -0.2) is 0 Å². The molecule has 1 heterocycles. The molecule has 5 atom stereocenters. The van der Waals surface area contributed by atoms with Crippen LogP contribution in [0.25, 0.3) is 26.2 Å². The zero-order chi connectivity index (χ0) is 25.2. The number of allylic oxidation sites excluding steroid dienone is 5. The van der Waals surface area contributed by atoms with E-state index in [1.165, 1.54) is 44.0 Å². The lowest BCUT2D eigenvalue weighted by atomic mass is 9.61. The quantitative estimate of drug-likeness (QED) is 0.168. The Hall–Kier alpha value is -3.14. The van der Waals surface area contributed by atoms with Crippen LogP contribution in [-0.2, 0) is 5.41 Å². The molecule has 4 aliphatic rings. The molecule has 182 valence electrons. The molecule has 0 N–H and O–H groups in total. The molecule has 0 bridgehead atoms. The van der Waals surface area contributed by atoms with Gasteiger partial charge in [-0.1, -0.05) is 129 Å². The van der Waals surface area contributed by atoms with Crippen LogP contribution in [0.5, 0.6) is 0 Å². The summed E-state index contributed by atoms with van der Waals surface area (Å²) in [6.45, 7) is 0. The van der Waals surface area contributed by atoms with E-state index in [-0.39, 0.29) is 17.3 Å². The summed E-state index contributed by atoms with van der Waals surface area (Å²) >= 11 is 8.05. The fourth-order valence-corrected chi connectivity index (χ4v) is 9.62. The molecule has 1 aromatic heterocycles. The Balaban J connectivity index is 1.48. The zero-order valence-electron chi connectivity index (χ0n) is 20.4. The first-order valence-corrected chi connectivity index (χ1v) is 14.8. The van der Waals surface area contributed by atoms with Gasteiger partial charge in [0.05, 0.1) is 5.92 Å². The highest BCUT2D eigenvalue weighted by Crippen LogP contribution is 2.70. The van der Waals surface area contributed by atoms with E-state index in [0.29, 0.717) is 11.8 Å². The first-order valence-electron chi connectivity index (χ1n) is 13.2. The predicted octanol–water partition coefficient (Wildman–Crippen LogP) is 9.99. The van der Waals surface area contributed by atoms with Gasteiger partial charge in [0.1, 0.15) is 11.3 Å². The minimum Gasteiger partial charge on any atom is -0.460 e. The van der Waals surface area contributed by atoms with E-state index in [2.05, 4.69) is 141 Å². The van der Waals surface area contributed by atoms with Crippen molar-refractivity contribution in [3.05, 3.63) is 147 Å². The molecular weight excluding hydrogens is 596 g/mol. The van der Waals surface area contributed by atoms with Gasteiger partial charge in [-0.05, 0) is 45.2 Å². The maximum Gasteiger partial charge on any atom is 0.134 e. The highest BCUT2D eigenvalue weighted by atomic mass is 79.9. The highest BCUT2D eigenvalue weighted by Gasteiger charge is 2.63. The Morgan fingerprint density at radius 2 is 1.45 bits per heavy atom. The Kier molecular flexibility index (Phi) is 4.29. The van der Waals surface area contributed by atoms with E-state index in [1.54, 1.807) is 0 Å². The van der Waals surface area contributed by atoms with Crippen molar-refractivity contribution in [2.75, 3.05) is 0 Å². The maximum atomic E-state index is 6.82. The molecule has 0 amide bonds. The molecule has 1 nitrogen and oxygen atoms in total. The lowest BCUT2D eigenvalue weighted by Crippen LogP contribution is -2.39. The van der Waals surface area contributed by atoms with Gasteiger partial charge in [-0.25, -0.2) is 0 Å². The number of para-hydroxylation sites is 1. The van der Waals surface area contributed by atoms with Crippen LogP contribution in [0.1, 0.15) is 45.4 Å². The fourth-order valence-electron chi connectivity index (χ4n) is 8.36. The van der Waals surface area contributed by atoms with Crippen molar-refractivity contribution in [1.29, 1.82) is 0 Å². The molecule has 3 heteroatoms. The monoisotopic (exact) mass is 616 g/mol. The number of furan rings is 1. The van der Waals surface area contributed by atoms with Gasteiger partial charge in [-0.3, -0.25) is 0 Å². The van der Waals surface area contributed by atoms with E-state index >= 15 is 0 Å². The van der Waals surface area contributed by atoms with Crippen LogP contribution in [0.15, 0.2) is 118 Å². The first kappa shape index (κ1) is 21.8. The number of hydrogen-bond acceptors (Lipinski definition) is 1. The maximum absolute atomic E-state index is 6.82. The third-order valence-electron chi connectivity index (χ3n) is 9.57. The Morgan fingerprint density at radius 1 is 0.711 bits per heavy atom. The van der Waals surface area contributed by atoms with E-state index < -0.39 is 0 Å². The lowest BCUT2D eigenvalue weighted by Gasteiger charge is -2.41. The van der Waals surface area contributed by atoms with Crippen LogP contribution in [0.3, 0.4) is 0 Å². The van der Waals surface area contributed by atoms with Crippen LogP contribution in [0.2, 0.25) is 0 Å². The predicted molar refractivity (Wildman–Crippen MR) is 162 cm³/mol. The molecule has 0 fully saturated rings. The second-order valence-electron chi connectivity index (χ2n) is 11.0. The zero-order valence-corrected chi connectivity index (χ0v) is 23.5. The van der Waals surface area contributed by atoms with Gasteiger partial charge in [0.15, 0.2) is 0 Å². The minimum absolute atomic E-state index is 0.123. The SMILES string of the molecule is BrC1=CC2C(c3oc4ccccc4c31)c1c(cc(Br)c3ccccc13)C21c2ccccc2C2C=CC=CC21. The molecule has 38 heavy (non-hydrogen) atoms. The number of fused-ring (bicyclic) bond motifs is 16. The van der Waals surface area contributed by atoms with Crippen molar-refractivity contribution < 1.29 is 4.42 Å². The summed E-state index contributed by atoms with van der Waals surface area (Å²) in [5, 5.41) is 3.76. The van der Waals surface area contributed by atoms with Crippen molar-refractivity contribution in [3.63, 3.8) is 0 Å². The summed E-state index contributed by atoms with van der Waals surface area (Å²) in [7, 11) is 0. The summed E-state index contributed by atoms with van der Waals surface area (Å²) < 4.78 is 9.13. The summed E-state index contributed by atoms with van der Waals surface area (Å²) in [4.78, 5) is 0. The molecular formula is C35H22Br2O. The van der Waals surface area contributed by atoms with Crippen LogP contribution in [0.4, 0.5) is 0 Å². The molecule has 0 aliphatic heterocycles. The third-order valence-corrected chi connectivity index (χ3v) is 10.9. The topological polar surface area (TPSA) is 13.1 Å². The van der Waals surface area contributed by atoms with Crippen LogP contribution in [0, 0.1) is 11.8 Å². The summed E-state index contributed by atoms with van der Waals surface area (Å²) in [5.74, 6) is 2.11. The molecule has 4 aromatic carbocycles. The Morgan fingerprint density at radius 3 is 2.34 bits per heavy atom. The Bertz CT molecular complexity index is 1940. The van der Waals surface area contributed by atoms with Gasteiger partial charge in [0.2, 0.25) is 0 Å². The second-order valence-corrected chi connectivity index (χ2v) is 12.7. The average Bonchev–Trinajstić information content (AvgIpc) is 3.58. The number of rotatable bonds is 0. The van der Waals surface area contributed by atoms with Gasteiger partial charge in [-0.2, -0.15) is 0 Å². The van der Waals surface area contributed by atoms with Crippen molar-refractivity contribution in [3.8, 4) is 0 Å². The normalized spacial score (nSPS) is 27.8. The smallest absolute Gasteiger partial charge is 0.134 e. The number of hydrogen-bond donors (Lipinski definition) is 0. The van der Waals surface area contributed by atoms with E-state index in [4.69, 9.17) is 4.42 Å². The molecule has 4 aliphatic carbocycles. The second kappa shape index (κ2) is 7.49. The molecule has 0 radical (unpaired) electrons. The fraction of sp³-hybridized carbons (Fsp3) is 0.143. The van der Waals surface area contributed by atoms with Gasteiger partial charge in [0.25, 0.3) is 0 Å². The number of halogens is 2. The largest absolute Gasteiger partial charge is 0.460 e. The summed E-state index contributed by atoms with van der Waals surface area (Å²) in [6.07, 6.45) is 11.9. The minimum atomic E-state index is -0.204. The summed E-state index contributed by atoms with van der Waals surface area (Å²) in [6, 6.07) is 28.9. The van der Waals surface area contributed by atoms with Gasteiger partial charge in [0, 0.05) is 43.1 Å². The third kappa shape index (κ3) is 2.44. The highest BCUT2D eigenvalue weighted by molar-refractivity contribution is 9.15. The van der Waals surface area contributed by atoms with E-state index in [9.17, 15) is 0 Å². The van der Waals surface area contributed by atoms with Crippen molar-refractivity contribution in [1.82, 2.24) is 0 Å². The molecule has 0 saturated carbocycles. The van der Waals surface area contributed by atoms with Gasteiger partial charge in [-0.15, -0.1) is 0 Å². The molecule has 5 aromatic rings. The van der Waals surface area contributed by atoms with Crippen molar-refractivity contribution >= 4 is 58.1 Å². The molecule has 0 saturated heterocycles. The number of benzene rings is 4. The Labute approximate surface area is 237 Å². The molecule has 5 unspecified atom stereocenters. The van der Waals surface area contributed by atoms with Crippen molar-refractivity contribution in [2.45, 2.75) is 17.3 Å². The lowest BCUT2D eigenvalue weighted by molar-refractivity contribution is 0.297. The van der Waals surface area contributed by atoms with Crippen LogP contribution >= 0.6 is 31.9 Å². The van der Waals surface area contributed by atoms with E-state index in [1.807, 2.05) is 0 Å². The van der Waals surface area contributed by atoms with Gasteiger partial charge >= 0.3 is 0 Å². The molecule has 9 rings (SSSR count). The van der Waals surface area contributed by atoms with E-state index in [0.717, 1.165) is 20.3 Å². The van der Waals surface area contributed by atoms with Crippen molar-refractivity contribution in [2.24, 2.45) is 11.8 Å². The molecule has 1 spiro atoms. The standard InChI is InChI=1S/C35H22Br2O/c36-28-17-26-31(22-12-2-1-11-21(22)28)33-27(18-29(37)32-23-13-5-8-16-30(23)38-34(32)33)35(26)24-14-6-3-9-19(24)20-10-4-7-15-25(20)35/h1-19,24,27,33H. The van der Waals surface area contributed by atoms with Crippen LogP contribution < -0.4 is 0 Å². The summed E-state index contributed by atoms with van der Waals surface area (Å²) in [5.41, 5.74) is 7.72. The first-order chi connectivity index (χ1) is 18.7. The van der Waals surface area contributed by atoms with Gasteiger partial charge < -0.3 is 4.42 Å².